The number of hydrogen-bond acceptors (Lipinski definition) is 4. The van der Waals surface area contributed by atoms with Gasteiger partial charge in [-0.15, -0.1) is 0 Å². The molecule has 2 N–H and O–H groups in total. The number of carbonyl (C=O) groups is 3. The number of amides is 3. The summed E-state index contributed by atoms with van der Waals surface area (Å²) in [6.07, 6.45) is 0. The number of nitrogens with zero attached hydrogens (tertiary/aromatic N) is 2. The van der Waals surface area contributed by atoms with Gasteiger partial charge in [-0.2, -0.15) is 0 Å². The first-order chi connectivity index (χ1) is 14.4. The fourth-order valence-corrected chi connectivity index (χ4v) is 4.18. The maximum absolute atomic E-state index is 13.1. The molecule has 2 heterocycles. The number of rotatable bonds is 5. The van der Waals surface area contributed by atoms with Gasteiger partial charge in [0.2, 0.25) is 0 Å². The van der Waals surface area contributed by atoms with Crippen LogP contribution < -0.4 is 15.1 Å². The molecule has 1 atom stereocenters. The smallest absolute Gasteiger partial charge is 0.329 e. The van der Waals surface area contributed by atoms with E-state index in [2.05, 4.69) is 10.2 Å². The highest BCUT2D eigenvalue weighted by molar-refractivity contribution is 6.07. The fraction of sp³-hybridized carbons (Fsp3) is 0.348. The molecule has 2 fully saturated rings. The average molecular weight is 407 g/mol. The molecule has 7 heteroatoms. The first-order valence-electron chi connectivity index (χ1n) is 10.3. The van der Waals surface area contributed by atoms with Crippen molar-refractivity contribution >= 4 is 23.4 Å². The Morgan fingerprint density at radius 1 is 1.03 bits per heavy atom. The van der Waals surface area contributed by atoms with Crippen LogP contribution in [-0.4, -0.2) is 55.5 Å². The Morgan fingerprint density at radius 3 is 2.27 bits per heavy atom. The quantitative estimate of drug-likeness (QED) is 0.573. The van der Waals surface area contributed by atoms with Crippen molar-refractivity contribution in [1.29, 1.82) is 0 Å². The van der Waals surface area contributed by atoms with E-state index in [0.717, 1.165) is 37.4 Å². The third-order valence-electron chi connectivity index (χ3n) is 6.12. The molecule has 30 heavy (non-hydrogen) atoms. The van der Waals surface area contributed by atoms with Crippen LogP contribution in [0.3, 0.4) is 0 Å². The van der Waals surface area contributed by atoms with Gasteiger partial charge in [-0.3, -0.25) is 9.59 Å². The molecule has 7 nitrogen and oxygen atoms in total. The zero-order valence-electron chi connectivity index (χ0n) is 17.4. The Kier molecular flexibility index (Phi) is 5.30. The highest BCUT2D eigenvalue weighted by Gasteiger charge is 2.50. The largest absolute Gasteiger partial charge is 0.360 e. The van der Waals surface area contributed by atoms with Crippen LogP contribution in [0, 0.1) is 0 Å². The molecule has 0 saturated carbocycles. The second-order valence-corrected chi connectivity index (χ2v) is 8.15. The number of nitrogens with one attached hydrogen (secondary N) is 2. The number of Topliss-reactive ketones (excluding diaryl/α,β-unsaturated/α-hetero) is 1. The van der Waals surface area contributed by atoms with Gasteiger partial charge >= 0.3 is 6.03 Å². The minimum atomic E-state index is -1.02. The molecule has 4 rings (SSSR count). The predicted molar refractivity (Wildman–Crippen MR) is 113 cm³/mol. The van der Waals surface area contributed by atoms with Gasteiger partial charge in [0.1, 0.15) is 5.54 Å². The van der Waals surface area contributed by atoms with E-state index in [4.69, 9.17) is 0 Å². The summed E-state index contributed by atoms with van der Waals surface area (Å²) in [5, 5.41) is 2.87. The lowest BCUT2D eigenvalue weighted by atomic mass is 9.92. The molecular formula is C23H27N4O3+. The van der Waals surface area contributed by atoms with Crippen LogP contribution in [0.5, 0.6) is 0 Å². The van der Waals surface area contributed by atoms with Crippen LogP contribution in [0.2, 0.25) is 0 Å². The van der Waals surface area contributed by atoms with Crippen molar-refractivity contribution in [3.05, 3.63) is 65.7 Å². The molecule has 156 valence electrons. The molecule has 0 unspecified atom stereocenters. The number of anilines is 1. The van der Waals surface area contributed by atoms with E-state index in [-0.39, 0.29) is 17.7 Å². The molecule has 3 amide bonds. The molecule has 0 bridgehead atoms. The van der Waals surface area contributed by atoms with Crippen LogP contribution in [0.4, 0.5) is 10.5 Å². The fourth-order valence-electron chi connectivity index (χ4n) is 4.18. The van der Waals surface area contributed by atoms with E-state index in [1.807, 2.05) is 54.6 Å². The summed E-state index contributed by atoms with van der Waals surface area (Å²) >= 11 is 0. The van der Waals surface area contributed by atoms with E-state index in [0.29, 0.717) is 12.2 Å². The van der Waals surface area contributed by atoms with Crippen LogP contribution in [0.25, 0.3) is 0 Å². The summed E-state index contributed by atoms with van der Waals surface area (Å²) in [4.78, 5) is 41.9. The van der Waals surface area contributed by atoms with Crippen molar-refractivity contribution in [3.63, 3.8) is 0 Å². The summed E-state index contributed by atoms with van der Waals surface area (Å²) < 4.78 is 0. The van der Waals surface area contributed by atoms with Crippen molar-refractivity contribution < 1.29 is 19.3 Å². The van der Waals surface area contributed by atoms with E-state index in [1.165, 1.54) is 9.80 Å². The number of imide groups is 1. The minimum absolute atomic E-state index is 0.0619. The Labute approximate surface area is 176 Å². The van der Waals surface area contributed by atoms with Gasteiger partial charge in [-0.25, -0.2) is 9.69 Å². The first-order valence-corrected chi connectivity index (χ1v) is 10.3. The van der Waals surface area contributed by atoms with Crippen molar-refractivity contribution in [2.75, 3.05) is 37.7 Å². The van der Waals surface area contributed by atoms with Gasteiger partial charge < -0.3 is 15.1 Å². The first kappa shape index (κ1) is 20.1. The number of ketones is 1. The Hall–Kier alpha value is -3.19. The normalized spacial score (nSPS) is 22.3. The number of carbonyl (C=O) groups excluding carboxylic acids is 3. The van der Waals surface area contributed by atoms with Gasteiger partial charge in [0.05, 0.1) is 26.2 Å². The number of piperazine rings is 1. The summed E-state index contributed by atoms with van der Waals surface area (Å²) in [5.74, 6) is -0.139. The molecule has 2 aliphatic heterocycles. The Bertz CT molecular complexity index is 952. The van der Waals surface area contributed by atoms with Gasteiger partial charge in [-0.05, 0) is 43.7 Å². The van der Waals surface area contributed by atoms with Gasteiger partial charge in [0.25, 0.3) is 5.91 Å². The second-order valence-electron chi connectivity index (χ2n) is 8.15. The number of benzene rings is 2. The van der Waals surface area contributed by atoms with Gasteiger partial charge in [0, 0.05) is 11.3 Å². The summed E-state index contributed by atoms with van der Waals surface area (Å²) in [6.45, 7) is 7.00. The topological polar surface area (TPSA) is 74.2 Å². The summed E-state index contributed by atoms with van der Waals surface area (Å²) in [7, 11) is 0. The van der Waals surface area contributed by atoms with Crippen LogP contribution in [-0.2, 0) is 10.3 Å². The van der Waals surface area contributed by atoms with Crippen LogP contribution in [0.15, 0.2) is 54.6 Å². The zero-order chi connectivity index (χ0) is 21.3. The van der Waals surface area contributed by atoms with Gasteiger partial charge in [0.15, 0.2) is 12.5 Å². The van der Waals surface area contributed by atoms with E-state index in [9.17, 15) is 14.4 Å². The molecule has 0 radical (unpaired) electrons. The highest BCUT2D eigenvalue weighted by atomic mass is 16.2. The predicted octanol–water partition coefficient (Wildman–Crippen LogP) is 1.02. The third kappa shape index (κ3) is 3.68. The third-order valence-corrected chi connectivity index (χ3v) is 6.12. The highest BCUT2D eigenvalue weighted by Crippen LogP contribution is 2.28. The standard InChI is InChI=1S/C23H26N4O3/c1-17(28)18-8-10-20(11-9-18)26-14-12-25(13-15-26)16-27-21(29)23(2,24-22(27)30)19-6-4-3-5-7-19/h3-11H,12-16H2,1-2H3,(H,24,30)/p+1/t23-/m1/s1. The van der Waals surface area contributed by atoms with Crippen molar-refractivity contribution in [2.45, 2.75) is 19.4 Å². The molecule has 0 aromatic heterocycles. The molecule has 0 spiro atoms. The Balaban J connectivity index is 1.37. The minimum Gasteiger partial charge on any atom is -0.360 e. The number of urea groups is 1. The maximum atomic E-state index is 13.1. The lowest BCUT2D eigenvalue weighted by molar-refractivity contribution is -0.907. The number of quaternary nitrogens is 1. The molecule has 2 aliphatic rings. The van der Waals surface area contributed by atoms with Crippen molar-refractivity contribution in [3.8, 4) is 0 Å². The molecule has 2 aromatic carbocycles. The molecule has 2 saturated heterocycles. The Morgan fingerprint density at radius 2 is 1.67 bits per heavy atom. The monoisotopic (exact) mass is 407 g/mol. The molecular weight excluding hydrogens is 380 g/mol. The lowest BCUT2D eigenvalue weighted by Crippen LogP contribution is -3.16. The number of hydrogen-bond donors (Lipinski definition) is 2. The summed E-state index contributed by atoms with van der Waals surface area (Å²) in [6, 6.07) is 16.7. The van der Waals surface area contributed by atoms with Crippen LogP contribution >= 0.6 is 0 Å². The van der Waals surface area contributed by atoms with E-state index < -0.39 is 5.54 Å². The van der Waals surface area contributed by atoms with Crippen molar-refractivity contribution in [2.24, 2.45) is 0 Å². The lowest BCUT2D eigenvalue weighted by Gasteiger charge is -2.34. The van der Waals surface area contributed by atoms with E-state index >= 15 is 0 Å². The SMILES string of the molecule is CC(=O)c1ccc(N2CC[NH+](CN3C(=O)N[C@](C)(c4ccccc4)C3=O)CC2)cc1. The van der Waals surface area contributed by atoms with Crippen molar-refractivity contribution in [1.82, 2.24) is 10.2 Å². The summed E-state index contributed by atoms with van der Waals surface area (Å²) in [5.41, 5.74) is 1.58. The second kappa shape index (κ2) is 7.91. The zero-order valence-corrected chi connectivity index (χ0v) is 17.4. The van der Waals surface area contributed by atoms with Crippen LogP contribution in [0.1, 0.15) is 29.8 Å². The average Bonchev–Trinajstić information content (AvgIpc) is 2.99. The van der Waals surface area contributed by atoms with Gasteiger partial charge in [-0.1, -0.05) is 30.3 Å². The molecule has 2 aromatic rings. The maximum Gasteiger partial charge on any atom is 0.329 e. The molecule has 0 aliphatic carbocycles. The van der Waals surface area contributed by atoms with E-state index in [1.54, 1.807) is 13.8 Å².